The number of rotatable bonds is 6. The fraction of sp³-hybridized carbons (Fsp3) is 0.273. The predicted molar refractivity (Wildman–Crippen MR) is 64.4 cm³/mol. The van der Waals surface area contributed by atoms with Gasteiger partial charge in [-0.15, -0.1) is 0 Å². The Balaban J connectivity index is 2.74. The fourth-order valence-corrected chi connectivity index (χ4v) is 1.37. The lowest BCUT2D eigenvalue weighted by molar-refractivity contribution is -0.139. The van der Waals surface area contributed by atoms with E-state index in [1.165, 1.54) is 12.3 Å². The largest absolute Gasteiger partial charge is 0.480 e. The van der Waals surface area contributed by atoms with Crippen molar-refractivity contribution < 1.29 is 19.5 Å². The number of nitrogens with one attached hydrogen (secondary N) is 2. The number of aromatic nitrogens is 1. The van der Waals surface area contributed by atoms with Gasteiger partial charge >= 0.3 is 5.97 Å². The van der Waals surface area contributed by atoms with Crippen LogP contribution in [0.15, 0.2) is 23.1 Å². The average molecular weight is 267 g/mol. The molecule has 5 N–H and O–H groups in total. The Morgan fingerprint density at radius 1 is 1.42 bits per heavy atom. The molecule has 0 aliphatic heterocycles. The van der Waals surface area contributed by atoms with Crippen LogP contribution in [0, 0.1) is 0 Å². The van der Waals surface area contributed by atoms with E-state index in [2.05, 4.69) is 10.3 Å². The van der Waals surface area contributed by atoms with Crippen molar-refractivity contribution in [3.05, 3.63) is 34.2 Å². The van der Waals surface area contributed by atoms with Crippen molar-refractivity contribution >= 4 is 17.8 Å². The van der Waals surface area contributed by atoms with E-state index in [-0.39, 0.29) is 18.4 Å². The molecule has 1 heterocycles. The molecule has 1 aromatic heterocycles. The molecule has 1 atom stereocenters. The third-order valence-electron chi connectivity index (χ3n) is 2.32. The Labute approximate surface area is 107 Å². The van der Waals surface area contributed by atoms with Crippen molar-refractivity contribution in [2.45, 2.75) is 18.9 Å². The standard InChI is InChI=1S/C11H13N3O5/c12-8(15)2-1-7(11(18)19)14-10(17)6-3-4-13-9(16)5-6/h3-5,7H,1-2H2,(H2,12,15)(H,13,16)(H,14,17)(H,18,19)/t7-/m0/s1. The summed E-state index contributed by atoms with van der Waals surface area (Å²) in [4.78, 5) is 46.6. The summed E-state index contributed by atoms with van der Waals surface area (Å²) in [5, 5.41) is 11.1. The molecule has 8 nitrogen and oxygen atoms in total. The second kappa shape index (κ2) is 6.34. The summed E-state index contributed by atoms with van der Waals surface area (Å²) < 4.78 is 0. The quantitative estimate of drug-likeness (QED) is 0.513. The zero-order chi connectivity index (χ0) is 14.4. The van der Waals surface area contributed by atoms with Gasteiger partial charge in [-0.1, -0.05) is 0 Å². The minimum atomic E-state index is -1.28. The van der Waals surface area contributed by atoms with Crippen molar-refractivity contribution in [3.63, 3.8) is 0 Å². The van der Waals surface area contributed by atoms with Crippen molar-refractivity contribution in [1.82, 2.24) is 10.3 Å². The predicted octanol–water partition coefficient (Wildman–Crippen LogP) is -1.18. The number of amides is 2. The van der Waals surface area contributed by atoms with Crippen LogP contribution in [0.5, 0.6) is 0 Å². The highest BCUT2D eigenvalue weighted by molar-refractivity contribution is 5.96. The lowest BCUT2D eigenvalue weighted by Crippen LogP contribution is -2.41. The molecule has 0 unspecified atom stereocenters. The number of carboxylic acid groups (broad SMARTS) is 1. The smallest absolute Gasteiger partial charge is 0.326 e. The highest BCUT2D eigenvalue weighted by Gasteiger charge is 2.21. The zero-order valence-corrected chi connectivity index (χ0v) is 9.88. The molecule has 8 heteroatoms. The van der Waals surface area contributed by atoms with E-state index >= 15 is 0 Å². The molecule has 0 saturated heterocycles. The van der Waals surface area contributed by atoms with E-state index < -0.39 is 29.4 Å². The lowest BCUT2D eigenvalue weighted by Gasteiger charge is -2.13. The summed E-state index contributed by atoms with van der Waals surface area (Å²) in [6.45, 7) is 0. The minimum absolute atomic E-state index is 0.0362. The SMILES string of the molecule is NC(=O)CC[C@H](NC(=O)c1cc[nH]c(=O)c1)C(=O)O. The van der Waals surface area contributed by atoms with E-state index in [9.17, 15) is 19.2 Å². The van der Waals surface area contributed by atoms with Gasteiger partial charge in [0.2, 0.25) is 11.5 Å². The number of primary amides is 1. The first-order chi connectivity index (χ1) is 8.90. The monoisotopic (exact) mass is 267 g/mol. The zero-order valence-electron chi connectivity index (χ0n) is 9.88. The van der Waals surface area contributed by atoms with Crippen molar-refractivity contribution in [2.75, 3.05) is 0 Å². The maximum atomic E-state index is 11.7. The molecule has 2 amide bonds. The second-order valence-electron chi connectivity index (χ2n) is 3.81. The number of nitrogens with two attached hydrogens (primary N) is 1. The number of carboxylic acids is 1. The third kappa shape index (κ3) is 4.62. The van der Waals surface area contributed by atoms with Gasteiger partial charge in [0, 0.05) is 24.2 Å². The number of H-pyrrole nitrogens is 1. The Bertz CT molecular complexity index is 551. The van der Waals surface area contributed by atoms with E-state index in [4.69, 9.17) is 10.8 Å². The number of aliphatic carboxylic acids is 1. The summed E-state index contributed by atoms with van der Waals surface area (Å²) >= 11 is 0. The van der Waals surface area contributed by atoms with Gasteiger partial charge in [0.25, 0.3) is 5.91 Å². The molecule has 0 radical (unpaired) electrons. The molecule has 0 aliphatic carbocycles. The Hall–Kier alpha value is -2.64. The summed E-state index contributed by atoms with van der Waals surface area (Å²) in [7, 11) is 0. The molecule has 1 rings (SSSR count). The maximum Gasteiger partial charge on any atom is 0.326 e. The molecule has 0 fully saturated rings. The normalized spacial score (nSPS) is 11.6. The van der Waals surface area contributed by atoms with Crippen LogP contribution < -0.4 is 16.6 Å². The summed E-state index contributed by atoms with van der Waals surface area (Å²) in [6, 6.07) is 1.14. The molecule has 0 saturated carbocycles. The molecule has 0 aromatic carbocycles. The van der Waals surface area contributed by atoms with Crippen LogP contribution in [0.1, 0.15) is 23.2 Å². The lowest BCUT2D eigenvalue weighted by atomic mass is 10.1. The third-order valence-corrected chi connectivity index (χ3v) is 2.32. The number of carbonyl (C=O) groups excluding carboxylic acids is 2. The van der Waals surface area contributed by atoms with Gasteiger partial charge in [-0.3, -0.25) is 14.4 Å². The first-order valence-electron chi connectivity index (χ1n) is 5.41. The van der Waals surface area contributed by atoms with Crippen LogP contribution in [0.2, 0.25) is 0 Å². The van der Waals surface area contributed by atoms with Crippen LogP contribution in [0.25, 0.3) is 0 Å². The number of carbonyl (C=O) groups is 3. The number of hydrogen-bond acceptors (Lipinski definition) is 4. The van der Waals surface area contributed by atoms with Crippen molar-refractivity contribution in [3.8, 4) is 0 Å². The Morgan fingerprint density at radius 3 is 2.63 bits per heavy atom. The molecule has 0 bridgehead atoms. The van der Waals surface area contributed by atoms with Gasteiger partial charge in [0.15, 0.2) is 0 Å². The van der Waals surface area contributed by atoms with Gasteiger partial charge < -0.3 is 21.1 Å². The molecular formula is C11H13N3O5. The highest BCUT2D eigenvalue weighted by Crippen LogP contribution is 2.00. The molecule has 0 aliphatic rings. The van der Waals surface area contributed by atoms with Crippen LogP contribution in [0.4, 0.5) is 0 Å². The molecule has 0 spiro atoms. The van der Waals surface area contributed by atoms with Crippen LogP contribution >= 0.6 is 0 Å². The minimum Gasteiger partial charge on any atom is -0.480 e. The fourth-order valence-electron chi connectivity index (χ4n) is 1.37. The first kappa shape index (κ1) is 14.4. The van der Waals surface area contributed by atoms with Crippen LogP contribution in [-0.2, 0) is 9.59 Å². The van der Waals surface area contributed by atoms with E-state index in [1.54, 1.807) is 0 Å². The summed E-state index contributed by atoms with van der Waals surface area (Å²) in [5.41, 5.74) is 4.47. The topological polar surface area (TPSA) is 142 Å². The van der Waals surface area contributed by atoms with E-state index in [1.807, 2.05) is 0 Å². The van der Waals surface area contributed by atoms with Crippen LogP contribution in [-0.4, -0.2) is 33.9 Å². The van der Waals surface area contributed by atoms with Gasteiger partial charge in [-0.25, -0.2) is 4.79 Å². The molecular weight excluding hydrogens is 254 g/mol. The number of hydrogen-bond donors (Lipinski definition) is 4. The van der Waals surface area contributed by atoms with E-state index in [0.29, 0.717) is 0 Å². The summed E-state index contributed by atoms with van der Waals surface area (Å²) in [5.74, 6) is -2.64. The van der Waals surface area contributed by atoms with Gasteiger partial charge in [-0.2, -0.15) is 0 Å². The first-order valence-corrected chi connectivity index (χ1v) is 5.41. The van der Waals surface area contributed by atoms with E-state index in [0.717, 1.165) is 6.07 Å². The Morgan fingerprint density at radius 2 is 2.11 bits per heavy atom. The molecule has 102 valence electrons. The van der Waals surface area contributed by atoms with Crippen LogP contribution in [0.3, 0.4) is 0 Å². The van der Waals surface area contributed by atoms with Crippen molar-refractivity contribution in [1.29, 1.82) is 0 Å². The average Bonchev–Trinajstić information content (AvgIpc) is 2.33. The van der Waals surface area contributed by atoms with Gasteiger partial charge in [0.1, 0.15) is 6.04 Å². The second-order valence-corrected chi connectivity index (χ2v) is 3.81. The van der Waals surface area contributed by atoms with Gasteiger partial charge in [0.05, 0.1) is 0 Å². The number of aromatic amines is 1. The van der Waals surface area contributed by atoms with Gasteiger partial charge in [-0.05, 0) is 12.5 Å². The Kier molecular flexibility index (Phi) is 4.81. The van der Waals surface area contributed by atoms with Crippen molar-refractivity contribution in [2.24, 2.45) is 5.73 Å². The number of pyridine rings is 1. The highest BCUT2D eigenvalue weighted by atomic mass is 16.4. The summed E-state index contributed by atoms with van der Waals surface area (Å²) in [6.07, 6.45) is 1.00. The molecule has 19 heavy (non-hydrogen) atoms. The maximum absolute atomic E-state index is 11.7. The molecule has 1 aromatic rings.